The number of benzene rings is 1. The van der Waals surface area contributed by atoms with Gasteiger partial charge in [0.1, 0.15) is 11.4 Å². The Morgan fingerprint density at radius 1 is 1.27 bits per heavy atom. The van der Waals surface area contributed by atoms with Crippen molar-refractivity contribution in [3.05, 3.63) is 39.4 Å². The summed E-state index contributed by atoms with van der Waals surface area (Å²) in [5.74, 6) is -2.19. The van der Waals surface area contributed by atoms with E-state index in [9.17, 15) is 33.0 Å². The SMILES string of the molecule is C[C@H]1CCc2c(N3CCC(O)(C(F)(F)F)CC3)c(F)cc3c(=O)c(C(=O)O)cn1c23. The van der Waals surface area contributed by atoms with Crippen molar-refractivity contribution >= 4 is 22.6 Å². The Morgan fingerprint density at radius 3 is 2.47 bits per heavy atom. The number of halogens is 4. The topological polar surface area (TPSA) is 82.8 Å². The van der Waals surface area contributed by atoms with Crippen LogP contribution in [0.3, 0.4) is 0 Å². The van der Waals surface area contributed by atoms with Crippen molar-refractivity contribution in [2.45, 2.75) is 50.4 Å². The molecule has 162 valence electrons. The van der Waals surface area contributed by atoms with Crippen LogP contribution in [0.4, 0.5) is 23.2 Å². The molecule has 2 aliphatic heterocycles. The molecule has 0 spiro atoms. The highest BCUT2D eigenvalue weighted by Gasteiger charge is 2.54. The van der Waals surface area contributed by atoms with Crippen LogP contribution in [0.15, 0.2) is 17.1 Å². The van der Waals surface area contributed by atoms with E-state index in [0.29, 0.717) is 23.9 Å². The molecule has 0 unspecified atom stereocenters. The lowest BCUT2D eigenvalue weighted by atomic mass is 9.88. The number of hydrogen-bond acceptors (Lipinski definition) is 4. The van der Waals surface area contributed by atoms with Crippen molar-refractivity contribution in [1.82, 2.24) is 4.57 Å². The van der Waals surface area contributed by atoms with Crippen molar-refractivity contribution in [1.29, 1.82) is 0 Å². The highest BCUT2D eigenvalue weighted by atomic mass is 19.4. The summed E-state index contributed by atoms with van der Waals surface area (Å²) in [5, 5.41) is 19.2. The Hall–Kier alpha value is -2.62. The number of carboxylic acid groups (broad SMARTS) is 1. The normalized spacial score (nSPS) is 21.1. The number of carbonyl (C=O) groups is 1. The van der Waals surface area contributed by atoms with Gasteiger partial charge in [0.15, 0.2) is 5.60 Å². The zero-order chi connectivity index (χ0) is 22.0. The number of aromatic nitrogens is 1. The second-order valence-corrected chi connectivity index (χ2v) is 8.07. The molecule has 1 aromatic carbocycles. The van der Waals surface area contributed by atoms with E-state index >= 15 is 4.39 Å². The van der Waals surface area contributed by atoms with Gasteiger partial charge in [-0.15, -0.1) is 0 Å². The molecule has 1 fully saturated rings. The fraction of sp³-hybridized carbons (Fsp3) is 0.500. The molecular weight excluding hydrogens is 408 g/mol. The highest BCUT2D eigenvalue weighted by molar-refractivity contribution is 5.95. The number of carboxylic acids is 1. The predicted octanol–water partition coefficient (Wildman–Crippen LogP) is 3.24. The maximum atomic E-state index is 15.1. The van der Waals surface area contributed by atoms with Crippen molar-refractivity contribution in [2.24, 2.45) is 0 Å². The largest absolute Gasteiger partial charge is 0.477 e. The molecule has 2 aromatic rings. The maximum Gasteiger partial charge on any atom is 0.417 e. The van der Waals surface area contributed by atoms with Crippen LogP contribution < -0.4 is 10.3 Å². The summed E-state index contributed by atoms with van der Waals surface area (Å²) < 4.78 is 56.1. The number of alkyl halides is 3. The summed E-state index contributed by atoms with van der Waals surface area (Å²) in [6.07, 6.45) is -3.74. The zero-order valence-electron chi connectivity index (χ0n) is 16.1. The number of aliphatic hydroxyl groups is 1. The molecule has 10 heteroatoms. The van der Waals surface area contributed by atoms with Crippen LogP contribution in [0.25, 0.3) is 10.9 Å². The van der Waals surface area contributed by atoms with Gasteiger partial charge in [0.05, 0.1) is 11.2 Å². The van der Waals surface area contributed by atoms with E-state index < -0.39 is 47.4 Å². The molecule has 30 heavy (non-hydrogen) atoms. The Balaban J connectivity index is 1.86. The molecule has 6 nitrogen and oxygen atoms in total. The van der Waals surface area contributed by atoms with Gasteiger partial charge in [-0.3, -0.25) is 4.79 Å². The first-order valence-electron chi connectivity index (χ1n) is 9.62. The van der Waals surface area contributed by atoms with Crippen LogP contribution >= 0.6 is 0 Å². The summed E-state index contributed by atoms with van der Waals surface area (Å²) in [5.41, 5.74) is -3.04. The molecule has 4 rings (SSSR count). The van der Waals surface area contributed by atoms with Gasteiger partial charge >= 0.3 is 12.1 Å². The predicted molar refractivity (Wildman–Crippen MR) is 101 cm³/mol. The van der Waals surface area contributed by atoms with Crippen molar-refractivity contribution in [3.8, 4) is 0 Å². The number of hydrogen-bond donors (Lipinski definition) is 2. The van der Waals surface area contributed by atoms with Gasteiger partial charge in [0, 0.05) is 49.1 Å². The smallest absolute Gasteiger partial charge is 0.417 e. The number of nitrogens with zero attached hydrogens (tertiary/aromatic N) is 2. The van der Waals surface area contributed by atoms with E-state index in [2.05, 4.69) is 0 Å². The minimum atomic E-state index is -4.77. The molecule has 3 heterocycles. The lowest BCUT2D eigenvalue weighted by Gasteiger charge is -2.41. The molecule has 2 N–H and O–H groups in total. The number of pyridine rings is 1. The first kappa shape index (κ1) is 20.6. The third-order valence-electron chi connectivity index (χ3n) is 6.29. The molecule has 0 radical (unpaired) electrons. The van der Waals surface area contributed by atoms with Crippen LogP contribution in [-0.2, 0) is 6.42 Å². The first-order chi connectivity index (χ1) is 13.9. The Kier molecular flexibility index (Phi) is 4.61. The van der Waals surface area contributed by atoms with Gasteiger partial charge < -0.3 is 19.7 Å². The van der Waals surface area contributed by atoms with Crippen LogP contribution in [0, 0.1) is 5.82 Å². The minimum Gasteiger partial charge on any atom is -0.477 e. The van der Waals surface area contributed by atoms with Crippen molar-refractivity contribution in [3.63, 3.8) is 0 Å². The average Bonchev–Trinajstić information content (AvgIpc) is 2.66. The lowest BCUT2D eigenvalue weighted by Crippen LogP contribution is -2.53. The van der Waals surface area contributed by atoms with E-state index in [-0.39, 0.29) is 30.2 Å². The molecule has 0 aliphatic carbocycles. The summed E-state index contributed by atoms with van der Waals surface area (Å²) in [6, 6.07) is 0.843. The van der Waals surface area contributed by atoms with Crippen LogP contribution in [0.1, 0.15) is 48.1 Å². The standard InChI is InChI=1S/C20H20F4N2O4/c1-10-2-3-11-15-12(17(27)13(18(28)29)9-26(10)15)8-14(21)16(11)25-6-4-19(30,5-7-25)20(22,23)24/h8-10,30H,2-7H2,1H3,(H,28,29)/t10-/m0/s1. The fourth-order valence-corrected chi connectivity index (χ4v) is 4.51. The number of piperidine rings is 1. The van der Waals surface area contributed by atoms with Gasteiger partial charge in [-0.2, -0.15) is 13.2 Å². The van der Waals surface area contributed by atoms with Gasteiger partial charge in [0.2, 0.25) is 5.43 Å². The third-order valence-corrected chi connectivity index (χ3v) is 6.29. The molecule has 1 saturated heterocycles. The second kappa shape index (κ2) is 6.69. The molecule has 1 atom stereocenters. The number of aromatic carboxylic acids is 1. The van der Waals surface area contributed by atoms with E-state index in [1.165, 1.54) is 11.1 Å². The van der Waals surface area contributed by atoms with Gasteiger partial charge in [-0.1, -0.05) is 0 Å². The minimum absolute atomic E-state index is 0.0542. The molecule has 0 saturated carbocycles. The van der Waals surface area contributed by atoms with Crippen LogP contribution in [0.2, 0.25) is 0 Å². The molecule has 0 amide bonds. The van der Waals surface area contributed by atoms with Gasteiger partial charge in [-0.25, -0.2) is 9.18 Å². The van der Waals surface area contributed by atoms with Gasteiger partial charge in [-0.05, 0) is 25.8 Å². The van der Waals surface area contributed by atoms with E-state index in [1.807, 2.05) is 6.92 Å². The number of rotatable bonds is 2. The quantitative estimate of drug-likeness (QED) is 0.718. The van der Waals surface area contributed by atoms with Crippen LogP contribution in [0.5, 0.6) is 0 Å². The highest BCUT2D eigenvalue weighted by Crippen LogP contribution is 2.43. The Morgan fingerprint density at radius 2 is 1.90 bits per heavy atom. The Labute approximate surface area is 168 Å². The number of aryl methyl sites for hydroxylation is 1. The summed E-state index contributed by atoms with van der Waals surface area (Å²) in [7, 11) is 0. The maximum absolute atomic E-state index is 15.1. The van der Waals surface area contributed by atoms with Gasteiger partial charge in [0.25, 0.3) is 0 Å². The van der Waals surface area contributed by atoms with E-state index in [4.69, 9.17) is 0 Å². The Bertz CT molecular complexity index is 1100. The lowest BCUT2D eigenvalue weighted by molar-refractivity contribution is -0.266. The second-order valence-electron chi connectivity index (χ2n) is 8.07. The molecule has 1 aromatic heterocycles. The third kappa shape index (κ3) is 2.96. The van der Waals surface area contributed by atoms with Crippen LogP contribution in [-0.4, -0.2) is 45.6 Å². The van der Waals surface area contributed by atoms with Crippen molar-refractivity contribution in [2.75, 3.05) is 18.0 Å². The van der Waals surface area contributed by atoms with E-state index in [1.54, 1.807) is 4.57 Å². The molecule has 0 bridgehead atoms. The number of anilines is 1. The summed E-state index contributed by atoms with van der Waals surface area (Å²) in [4.78, 5) is 25.5. The zero-order valence-corrected chi connectivity index (χ0v) is 16.1. The molecule has 2 aliphatic rings. The summed E-state index contributed by atoms with van der Waals surface area (Å²) in [6.45, 7) is 1.46. The summed E-state index contributed by atoms with van der Waals surface area (Å²) >= 11 is 0. The fourth-order valence-electron chi connectivity index (χ4n) is 4.51. The van der Waals surface area contributed by atoms with E-state index in [0.717, 1.165) is 6.07 Å². The van der Waals surface area contributed by atoms with Crippen molar-refractivity contribution < 1.29 is 32.6 Å². The monoisotopic (exact) mass is 428 g/mol. The first-order valence-corrected chi connectivity index (χ1v) is 9.62. The molecular formula is C20H20F4N2O4. The average molecular weight is 428 g/mol.